The Labute approximate surface area is 88.2 Å². The van der Waals surface area contributed by atoms with Gasteiger partial charge in [0.15, 0.2) is 0 Å². The number of nitrogens with two attached hydrogens (primary N) is 1. The summed E-state index contributed by atoms with van der Waals surface area (Å²) in [6.07, 6.45) is 0.777. The van der Waals surface area contributed by atoms with E-state index < -0.39 is 0 Å². The maximum absolute atomic E-state index is 11.2. The summed E-state index contributed by atoms with van der Waals surface area (Å²) in [6, 6.07) is 0. The number of nitrogens with one attached hydrogen (secondary N) is 1. The highest BCUT2D eigenvalue weighted by Gasteiger charge is 2.30. The van der Waals surface area contributed by atoms with Crippen molar-refractivity contribution >= 4 is 5.91 Å². The zero-order valence-electron chi connectivity index (χ0n) is 9.20. The molecule has 1 unspecified atom stereocenters. The summed E-state index contributed by atoms with van der Waals surface area (Å²) in [6.45, 7) is 4.31. The first kappa shape index (κ1) is 11.6. The van der Waals surface area contributed by atoms with Gasteiger partial charge in [-0.2, -0.15) is 4.98 Å². The second-order valence-corrected chi connectivity index (χ2v) is 3.62. The Morgan fingerprint density at radius 2 is 2.33 bits per heavy atom. The molecule has 1 amide bonds. The molecule has 0 aliphatic heterocycles. The summed E-state index contributed by atoms with van der Waals surface area (Å²) in [5.41, 5.74) is 5.28. The van der Waals surface area contributed by atoms with Crippen LogP contribution >= 0.6 is 0 Å². The molecule has 0 aliphatic carbocycles. The number of hydrogen-bond acceptors (Lipinski definition) is 5. The minimum Gasteiger partial charge on any atom is -0.352 e. The number of aromatic nitrogens is 2. The zero-order valence-corrected chi connectivity index (χ0v) is 9.20. The number of nitrogens with zero attached hydrogens (tertiary/aromatic N) is 2. The van der Waals surface area contributed by atoms with Crippen LogP contribution in [0.2, 0.25) is 0 Å². The molecule has 0 fully saturated rings. The van der Waals surface area contributed by atoms with E-state index in [0.717, 1.165) is 6.42 Å². The van der Waals surface area contributed by atoms with E-state index in [1.54, 1.807) is 0 Å². The molecule has 0 spiro atoms. The van der Waals surface area contributed by atoms with E-state index in [2.05, 4.69) is 15.5 Å². The Balaban J connectivity index is 2.97. The third-order valence-corrected chi connectivity index (χ3v) is 2.60. The summed E-state index contributed by atoms with van der Waals surface area (Å²) in [5, 5.41) is 6.02. The van der Waals surface area contributed by atoms with Crippen LogP contribution in [0.3, 0.4) is 0 Å². The van der Waals surface area contributed by atoms with Gasteiger partial charge in [-0.3, -0.25) is 4.79 Å². The van der Waals surface area contributed by atoms with Gasteiger partial charge >= 0.3 is 0 Å². The molecule has 0 aliphatic rings. The molecule has 0 saturated carbocycles. The molecular weight excluding hydrogens is 196 g/mol. The summed E-state index contributed by atoms with van der Waals surface area (Å²) in [5.74, 6) is 0.0900. The molecule has 1 atom stereocenters. The van der Waals surface area contributed by atoms with Crippen molar-refractivity contribution in [2.75, 3.05) is 13.6 Å². The van der Waals surface area contributed by atoms with Crippen molar-refractivity contribution in [1.29, 1.82) is 0 Å². The van der Waals surface area contributed by atoms with Gasteiger partial charge in [0.25, 0.3) is 11.7 Å². The highest BCUT2D eigenvalue weighted by atomic mass is 16.5. The normalized spacial score (nSPS) is 14.7. The van der Waals surface area contributed by atoms with E-state index in [1.807, 2.05) is 13.8 Å². The summed E-state index contributed by atoms with van der Waals surface area (Å²) in [7, 11) is 1.51. The van der Waals surface area contributed by atoms with Gasteiger partial charge in [-0.25, -0.2) is 0 Å². The number of rotatable bonds is 4. The Bertz CT molecular complexity index is 344. The third-order valence-electron chi connectivity index (χ3n) is 2.60. The smallest absolute Gasteiger partial charge is 0.292 e. The minimum absolute atomic E-state index is 0.0422. The van der Waals surface area contributed by atoms with Gasteiger partial charge in [-0.15, -0.1) is 0 Å². The molecule has 1 aromatic heterocycles. The number of carbonyl (C=O) groups is 1. The second-order valence-electron chi connectivity index (χ2n) is 3.62. The maximum atomic E-state index is 11.2. The molecule has 6 nitrogen and oxygen atoms in total. The van der Waals surface area contributed by atoms with Gasteiger partial charge in [0.2, 0.25) is 5.89 Å². The lowest BCUT2D eigenvalue weighted by Gasteiger charge is -2.20. The van der Waals surface area contributed by atoms with Crippen LogP contribution in [0, 0.1) is 0 Å². The van der Waals surface area contributed by atoms with E-state index in [0.29, 0.717) is 12.4 Å². The summed E-state index contributed by atoms with van der Waals surface area (Å²) in [4.78, 5) is 15.2. The Hall–Kier alpha value is -1.43. The van der Waals surface area contributed by atoms with E-state index in [1.165, 1.54) is 7.05 Å². The van der Waals surface area contributed by atoms with Crippen molar-refractivity contribution in [2.45, 2.75) is 25.7 Å². The molecule has 1 aromatic rings. The molecule has 0 bridgehead atoms. The lowest BCUT2D eigenvalue weighted by molar-refractivity contribution is 0.0950. The maximum Gasteiger partial charge on any atom is 0.292 e. The highest BCUT2D eigenvalue weighted by molar-refractivity contribution is 5.89. The SMILES string of the molecule is CCC(C)(CN)c1nc(C(=O)NC)no1. The van der Waals surface area contributed by atoms with Gasteiger partial charge in [-0.05, 0) is 13.3 Å². The van der Waals surface area contributed by atoms with Crippen molar-refractivity contribution in [3.63, 3.8) is 0 Å². The van der Waals surface area contributed by atoms with Gasteiger partial charge in [0, 0.05) is 13.6 Å². The van der Waals surface area contributed by atoms with Crippen molar-refractivity contribution in [3.8, 4) is 0 Å². The van der Waals surface area contributed by atoms with Crippen LogP contribution in [-0.2, 0) is 5.41 Å². The lowest BCUT2D eigenvalue weighted by Crippen LogP contribution is -2.31. The molecule has 15 heavy (non-hydrogen) atoms. The third kappa shape index (κ3) is 2.15. The van der Waals surface area contributed by atoms with E-state index in [9.17, 15) is 4.79 Å². The van der Waals surface area contributed by atoms with Crippen LogP contribution in [0.4, 0.5) is 0 Å². The van der Waals surface area contributed by atoms with Gasteiger partial charge in [-0.1, -0.05) is 12.1 Å². The fraction of sp³-hybridized carbons (Fsp3) is 0.667. The molecule has 0 saturated heterocycles. The first-order valence-corrected chi connectivity index (χ1v) is 4.83. The fourth-order valence-electron chi connectivity index (χ4n) is 1.06. The largest absolute Gasteiger partial charge is 0.352 e. The van der Waals surface area contributed by atoms with Crippen molar-refractivity contribution < 1.29 is 9.32 Å². The van der Waals surface area contributed by atoms with Gasteiger partial charge < -0.3 is 15.6 Å². The molecule has 0 aromatic carbocycles. The van der Waals surface area contributed by atoms with Crippen molar-refractivity contribution in [1.82, 2.24) is 15.5 Å². The van der Waals surface area contributed by atoms with Gasteiger partial charge in [0.1, 0.15) is 0 Å². The van der Waals surface area contributed by atoms with E-state index in [4.69, 9.17) is 10.3 Å². The molecule has 1 heterocycles. The lowest BCUT2D eigenvalue weighted by atomic mass is 9.88. The highest BCUT2D eigenvalue weighted by Crippen LogP contribution is 2.24. The molecule has 3 N–H and O–H groups in total. The summed E-state index contributed by atoms with van der Waals surface area (Å²) >= 11 is 0. The van der Waals surface area contributed by atoms with Crippen molar-refractivity contribution in [3.05, 3.63) is 11.7 Å². The molecular formula is C9H16N4O2. The number of amides is 1. The predicted molar refractivity (Wildman–Crippen MR) is 54.4 cm³/mol. The minimum atomic E-state index is -0.362. The van der Waals surface area contributed by atoms with Crippen LogP contribution in [0.1, 0.15) is 36.8 Å². The van der Waals surface area contributed by atoms with Crippen LogP contribution < -0.4 is 11.1 Å². The molecule has 84 valence electrons. The number of hydrogen-bond donors (Lipinski definition) is 2. The number of carbonyl (C=O) groups excluding carboxylic acids is 1. The quantitative estimate of drug-likeness (QED) is 0.735. The fourth-order valence-corrected chi connectivity index (χ4v) is 1.06. The average Bonchev–Trinajstić information content (AvgIpc) is 2.76. The Kier molecular flexibility index (Phi) is 3.41. The van der Waals surface area contributed by atoms with E-state index in [-0.39, 0.29) is 17.1 Å². The topological polar surface area (TPSA) is 94.0 Å². The first-order valence-electron chi connectivity index (χ1n) is 4.83. The zero-order chi connectivity index (χ0) is 11.5. The van der Waals surface area contributed by atoms with Crippen LogP contribution in [-0.4, -0.2) is 29.6 Å². The van der Waals surface area contributed by atoms with Crippen LogP contribution in [0.15, 0.2) is 4.52 Å². The molecule has 1 rings (SSSR count). The molecule has 0 radical (unpaired) electrons. The second kappa shape index (κ2) is 4.39. The van der Waals surface area contributed by atoms with Crippen LogP contribution in [0.25, 0.3) is 0 Å². The summed E-state index contributed by atoms with van der Waals surface area (Å²) < 4.78 is 5.03. The van der Waals surface area contributed by atoms with Crippen molar-refractivity contribution in [2.24, 2.45) is 5.73 Å². The molecule has 6 heteroatoms. The Morgan fingerprint density at radius 3 is 2.80 bits per heavy atom. The Morgan fingerprint density at radius 1 is 1.67 bits per heavy atom. The standard InChI is InChI=1S/C9H16N4O2/c1-4-9(2,5-10)8-12-6(13-15-8)7(14)11-3/h4-5,10H2,1-3H3,(H,11,14). The monoisotopic (exact) mass is 212 g/mol. The predicted octanol–water partition coefficient (Wildman–Crippen LogP) is 0.0556. The average molecular weight is 212 g/mol. The van der Waals surface area contributed by atoms with Gasteiger partial charge in [0.05, 0.1) is 5.41 Å². The van der Waals surface area contributed by atoms with E-state index >= 15 is 0 Å². The first-order chi connectivity index (χ1) is 7.07. The van der Waals surface area contributed by atoms with Crippen LogP contribution in [0.5, 0.6) is 0 Å².